The van der Waals surface area contributed by atoms with Crippen molar-refractivity contribution in [3.8, 4) is 0 Å². The predicted octanol–water partition coefficient (Wildman–Crippen LogP) is 3.43. The highest BCUT2D eigenvalue weighted by Crippen LogP contribution is 2.27. The summed E-state index contributed by atoms with van der Waals surface area (Å²) in [5.41, 5.74) is 0. The topological polar surface area (TPSA) is 13.1 Å². The molecular weight excluding hydrogens is 136 g/mol. The van der Waals surface area contributed by atoms with Crippen LogP contribution in [0.2, 0.25) is 0 Å². The largest absolute Gasteiger partial charge is 0.469 e. The molecule has 0 saturated heterocycles. The van der Waals surface area contributed by atoms with Gasteiger partial charge in [-0.15, -0.1) is 0 Å². The third-order valence-electron chi connectivity index (χ3n) is 2.15. The van der Waals surface area contributed by atoms with Gasteiger partial charge < -0.3 is 4.42 Å². The Morgan fingerprint density at radius 1 is 1.45 bits per heavy atom. The van der Waals surface area contributed by atoms with Gasteiger partial charge in [0.15, 0.2) is 0 Å². The highest BCUT2D eigenvalue weighted by atomic mass is 16.3. The summed E-state index contributed by atoms with van der Waals surface area (Å²) in [4.78, 5) is 0. The first-order chi connectivity index (χ1) is 5.25. The Balaban J connectivity index is 2.71. The highest BCUT2D eigenvalue weighted by molar-refractivity contribution is 5.05. The van der Waals surface area contributed by atoms with E-state index in [1.807, 2.05) is 6.07 Å². The SMILES string of the molecule is CC[C@H](c1ccco1)C(C)C. The van der Waals surface area contributed by atoms with Gasteiger partial charge in [0, 0.05) is 5.92 Å². The lowest BCUT2D eigenvalue weighted by Crippen LogP contribution is -2.03. The molecular formula is C10H16O. The fraction of sp³-hybridized carbons (Fsp3) is 0.600. The third kappa shape index (κ3) is 1.86. The molecule has 1 atom stereocenters. The molecule has 11 heavy (non-hydrogen) atoms. The molecule has 0 aromatic carbocycles. The second kappa shape index (κ2) is 3.61. The monoisotopic (exact) mass is 152 g/mol. The van der Waals surface area contributed by atoms with Crippen molar-refractivity contribution in [2.45, 2.75) is 33.1 Å². The van der Waals surface area contributed by atoms with Crippen LogP contribution in [-0.4, -0.2) is 0 Å². The molecule has 0 spiro atoms. The Hall–Kier alpha value is -0.720. The smallest absolute Gasteiger partial charge is 0.107 e. The maximum atomic E-state index is 5.35. The lowest BCUT2D eigenvalue weighted by Gasteiger charge is -2.15. The zero-order valence-corrected chi connectivity index (χ0v) is 7.50. The summed E-state index contributed by atoms with van der Waals surface area (Å²) in [7, 11) is 0. The minimum atomic E-state index is 0.588. The number of hydrogen-bond donors (Lipinski definition) is 0. The third-order valence-corrected chi connectivity index (χ3v) is 2.15. The van der Waals surface area contributed by atoms with E-state index in [0.717, 1.165) is 12.2 Å². The summed E-state index contributed by atoms with van der Waals surface area (Å²) < 4.78 is 5.35. The van der Waals surface area contributed by atoms with E-state index < -0.39 is 0 Å². The fourth-order valence-electron chi connectivity index (χ4n) is 1.50. The Morgan fingerprint density at radius 2 is 2.18 bits per heavy atom. The number of rotatable bonds is 3. The van der Waals surface area contributed by atoms with Crippen molar-refractivity contribution in [3.63, 3.8) is 0 Å². The first-order valence-electron chi connectivity index (χ1n) is 4.29. The van der Waals surface area contributed by atoms with Gasteiger partial charge in [0.25, 0.3) is 0 Å². The van der Waals surface area contributed by atoms with Gasteiger partial charge in [0.1, 0.15) is 5.76 Å². The van der Waals surface area contributed by atoms with E-state index in [4.69, 9.17) is 4.42 Å². The summed E-state index contributed by atoms with van der Waals surface area (Å²) in [6.45, 7) is 6.67. The van der Waals surface area contributed by atoms with Crippen LogP contribution in [0, 0.1) is 5.92 Å². The first-order valence-corrected chi connectivity index (χ1v) is 4.29. The predicted molar refractivity (Wildman–Crippen MR) is 46.6 cm³/mol. The highest BCUT2D eigenvalue weighted by Gasteiger charge is 2.15. The van der Waals surface area contributed by atoms with Crippen LogP contribution in [0.1, 0.15) is 38.9 Å². The molecule has 0 fully saturated rings. The van der Waals surface area contributed by atoms with E-state index in [9.17, 15) is 0 Å². The van der Waals surface area contributed by atoms with Gasteiger partial charge in [0.2, 0.25) is 0 Å². The van der Waals surface area contributed by atoms with Crippen molar-refractivity contribution in [1.29, 1.82) is 0 Å². The molecule has 0 aliphatic carbocycles. The molecule has 1 heteroatoms. The van der Waals surface area contributed by atoms with Crippen LogP contribution in [0.4, 0.5) is 0 Å². The van der Waals surface area contributed by atoms with Gasteiger partial charge in [-0.1, -0.05) is 20.8 Å². The molecule has 1 heterocycles. The molecule has 0 bridgehead atoms. The molecule has 0 radical (unpaired) electrons. The van der Waals surface area contributed by atoms with E-state index in [1.165, 1.54) is 0 Å². The van der Waals surface area contributed by atoms with Crippen molar-refractivity contribution in [3.05, 3.63) is 24.2 Å². The molecule has 1 rings (SSSR count). The summed E-state index contributed by atoms with van der Waals surface area (Å²) in [5, 5.41) is 0. The molecule has 1 nitrogen and oxygen atoms in total. The second-order valence-electron chi connectivity index (χ2n) is 3.27. The normalized spacial score (nSPS) is 13.8. The van der Waals surface area contributed by atoms with Gasteiger partial charge in [-0.25, -0.2) is 0 Å². The van der Waals surface area contributed by atoms with Gasteiger partial charge in [-0.3, -0.25) is 0 Å². The molecule has 62 valence electrons. The van der Waals surface area contributed by atoms with Crippen LogP contribution in [-0.2, 0) is 0 Å². The van der Waals surface area contributed by atoms with Crippen molar-refractivity contribution in [1.82, 2.24) is 0 Å². The molecule has 1 aromatic heterocycles. The summed E-state index contributed by atoms with van der Waals surface area (Å²) in [6.07, 6.45) is 2.91. The van der Waals surface area contributed by atoms with E-state index in [0.29, 0.717) is 11.8 Å². The Morgan fingerprint density at radius 3 is 2.55 bits per heavy atom. The molecule has 0 aliphatic heterocycles. The quantitative estimate of drug-likeness (QED) is 0.646. The summed E-state index contributed by atoms with van der Waals surface area (Å²) in [5.74, 6) is 2.39. The molecule has 0 saturated carbocycles. The Kier molecular flexibility index (Phi) is 2.75. The first kappa shape index (κ1) is 8.38. The van der Waals surface area contributed by atoms with Gasteiger partial charge in [-0.2, -0.15) is 0 Å². The average Bonchev–Trinajstić information content (AvgIpc) is 2.40. The van der Waals surface area contributed by atoms with Crippen molar-refractivity contribution < 1.29 is 4.42 Å². The summed E-state index contributed by atoms with van der Waals surface area (Å²) in [6, 6.07) is 4.02. The van der Waals surface area contributed by atoms with Crippen molar-refractivity contribution in [2.24, 2.45) is 5.92 Å². The fourth-order valence-corrected chi connectivity index (χ4v) is 1.50. The zero-order valence-electron chi connectivity index (χ0n) is 7.50. The van der Waals surface area contributed by atoms with Crippen LogP contribution >= 0.6 is 0 Å². The standard InChI is InChI=1S/C10H16O/c1-4-9(8(2)3)10-6-5-7-11-10/h5-9H,4H2,1-3H3/t9-/m0/s1. The molecule has 0 aliphatic rings. The number of furan rings is 1. The Labute approximate surface area is 68.4 Å². The van der Waals surface area contributed by atoms with Crippen molar-refractivity contribution >= 4 is 0 Å². The van der Waals surface area contributed by atoms with Crippen LogP contribution in [0.5, 0.6) is 0 Å². The van der Waals surface area contributed by atoms with E-state index in [2.05, 4.69) is 26.8 Å². The number of hydrogen-bond acceptors (Lipinski definition) is 1. The zero-order chi connectivity index (χ0) is 8.27. The Bertz CT molecular complexity index is 187. The lowest BCUT2D eigenvalue weighted by molar-refractivity contribution is 0.387. The van der Waals surface area contributed by atoms with Crippen LogP contribution in [0.15, 0.2) is 22.8 Å². The van der Waals surface area contributed by atoms with Crippen molar-refractivity contribution in [2.75, 3.05) is 0 Å². The second-order valence-corrected chi connectivity index (χ2v) is 3.27. The van der Waals surface area contributed by atoms with Crippen LogP contribution in [0.3, 0.4) is 0 Å². The molecule has 0 N–H and O–H groups in total. The van der Waals surface area contributed by atoms with Gasteiger partial charge in [0.05, 0.1) is 6.26 Å². The van der Waals surface area contributed by atoms with Gasteiger partial charge in [-0.05, 0) is 24.5 Å². The maximum absolute atomic E-state index is 5.35. The molecule has 1 aromatic rings. The molecule has 0 amide bonds. The van der Waals surface area contributed by atoms with E-state index in [-0.39, 0.29) is 0 Å². The van der Waals surface area contributed by atoms with Crippen LogP contribution in [0.25, 0.3) is 0 Å². The van der Waals surface area contributed by atoms with E-state index in [1.54, 1.807) is 6.26 Å². The van der Waals surface area contributed by atoms with Crippen LogP contribution < -0.4 is 0 Å². The minimum absolute atomic E-state index is 0.588. The van der Waals surface area contributed by atoms with Gasteiger partial charge >= 0.3 is 0 Å². The summed E-state index contributed by atoms with van der Waals surface area (Å²) >= 11 is 0. The maximum Gasteiger partial charge on any atom is 0.107 e. The lowest BCUT2D eigenvalue weighted by atomic mass is 9.91. The average molecular weight is 152 g/mol. The van der Waals surface area contributed by atoms with E-state index >= 15 is 0 Å². The minimum Gasteiger partial charge on any atom is -0.469 e. The molecule has 0 unspecified atom stereocenters.